The van der Waals surface area contributed by atoms with Crippen molar-refractivity contribution in [1.82, 2.24) is 0 Å². The first-order valence-electron chi connectivity index (χ1n) is 5.76. The summed E-state index contributed by atoms with van der Waals surface area (Å²) in [5, 5.41) is 0. The summed E-state index contributed by atoms with van der Waals surface area (Å²) >= 11 is 0. The van der Waals surface area contributed by atoms with Gasteiger partial charge in [-0.2, -0.15) is 0 Å². The maximum Gasteiger partial charge on any atom is 0.340 e. The molecule has 1 aliphatic carbocycles. The summed E-state index contributed by atoms with van der Waals surface area (Å²) in [7, 11) is 1.13. The van der Waals surface area contributed by atoms with Crippen LogP contribution in [0.5, 0.6) is 0 Å². The van der Waals surface area contributed by atoms with E-state index in [4.69, 9.17) is 5.73 Å². The van der Waals surface area contributed by atoms with Gasteiger partial charge in [-0.1, -0.05) is 0 Å². The smallest absolute Gasteiger partial charge is 0.340 e. The Labute approximate surface area is 104 Å². The SMILES string of the molecule is COC(=O)c1cc(C2(C(C)N)CC2)cc(F)c1F. The molecule has 1 saturated carbocycles. The zero-order valence-corrected chi connectivity index (χ0v) is 10.3. The number of benzene rings is 1. The molecular weight excluding hydrogens is 240 g/mol. The lowest BCUT2D eigenvalue weighted by molar-refractivity contribution is 0.0594. The number of hydrogen-bond donors (Lipinski definition) is 1. The molecule has 98 valence electrons. The number of ether oxygens (including phenoxy) is 1. The van der Waals surface area contributed by atoms with Crippen molar-refractivity contribution >= 4 is 5.97 Å². The Bertz CT molecular complexity index is 496. The summed E-state index contributed by atoms with van der Waals surface area (Å²) in [6.07, 6.45) is 1.63. The molecule has 0 aromatic heterocycles. The average Bonchev–Trinajstić information content (AvgIpc) is 3.12. The summed E-state index contributed by atoms with van der Waals surface area (Å²) in [5.74, 6) is -3.10. The fraction of sp³-hybridized carbons (Fsp3) is 0.462. The summed E-state index contributed by atoms with van der Waals surface area (Å²) < 4.78 is 31.5. The fourth-order valence-electron chi connectivity index (χ4n) is 2.28. The normalized spacial score (nSPS) is 18.3. The number of methoxy groups -OCH3 is 1. The molecule has 0 amide bonds. The van der Waals surface area contributed by atoms with E-state index in [1.54, 1.807) is 0 Å². The van der Waals surface area contributed by atoms with E-state index in [0.29, 0.717) is 5.56 Å². The molecule has 1 aromatic rings. The lowest BCUT2D eigenvalue weighted by atomic mass is 9.88. The van der Waals surface area contributed by atoms with E-state index >= 15 is 0 Å². The van der Waals surface area contributed by atoms with Crippen molar-refractivity contribution in [2.75, 3.05) is 7.11 Å². The molecule has 2 rings (SSSR count). The number of nitrogens with two attached hydrogens (primary N) is 1. The highest BCUT2D eigenvalue weighted by molar-refractivity contribution is 5.90. The van der Waals surface area contributed by atoms with E-state index < -0.39 is 17.6 Å². The molecule has 1 aromatic carbocycles. The Morgan fingerprint density at radius 2 is 2.06 bits per heavy atom. The van der Waals surface area contributed by atoms with Gasteiger partial charge < -0.3 is 10.5 Å². The zero-order chi connectivity index (χ0) is 13.5. The highest BCUT2D eigenvalue weighted by atomic mass is 19.2. The van der Waals surface area contributed by atoms with Gasteiger partial charge in [-0.25, -0.2) is 13.6 Å². The Morgan fingerprint density at radius 3 is 2.50 bits per heavy atom. The summed E-state index contributed by atoms with van der Waals surface area (Å²) in [4.78, 5) is 11.4. The van der Waals surface area contributed by atoms with Crippen molar-refractivity contribution in [2.24, 2.45) is 5.73 Å². The minimum Gasteiger partial charge on any atom is -0.465 e. The molecule has 1 fully saturated rings. The van der Waals surface area contributed by atoms with E-state index in [1.165, 1.54) is 6.07 Å². The van der Waals surface area contributed by atoms with Crippen molar-refractivity contribution in [3.63, 3.8) is 0 Å². The van der Waals surface area contributed by atoms with E-state index in [1.807, 2.05) is 6.92 Å². The van der Waals surface area contributed by atoms with Crippen LogP contribution in [-0.4, -0.2) is 19.1 Å². The van der Waals surface area contributed by atoms with Gasteiger partial charge in [-0.3, -0.25) is 0 Å². The van der Waals surface area contributed by atoms with Gasteiger partial charge in [0.1, 0.15) is 0 Å². The molecule has 0 spiro atoms. The van der Waals surface area contributed by atoms with Crippen LogP contribution in [-0.2, 0) is 10.2 Å². The third-order valence-corrected chi connectivity index (χ3v) is 3.67. The molecule has 0 radical (unpaired) electrons. The summed E-state index contributed by atoms with van der Waals surface area (Å²) in [5.41, 5.74) is 5.73. The minimum absolute atomic E-state index is 0.173. The molecule has 5 heteroatoms. The van der Waals surface area contributed by atoms with Gasteiger partial charge in [-0.05, 0) is 37.5 Å². The number of halogens is 2. The van der Waals surface area contributed by atoms with Crippen LogP contribution in [0.1, 0.15) is 35.7 Å². The van der Waals surface area contributed by atoms with Crippen LogP contribution < -0.4 is 5.73 Å². The van der Waals surface area contributed by atoms with Crippen LogP contribution in [0.15, 0.2) is 12.1 Å². The van der Waals surface area contributed by atoms with Gasteiger partial charge in [0.05, 0.1) is 12.7 Å². The largest absolute Gasteiger partial charge is 0.465 e. The third kappa shape index (κ3) is 1.88. The van der Waals surface area contributed by atoms with E-state index in [9.17, 15) is 13.6 Å². The summed E-state index contributed by atoms with van der Waals surface area (Å²) in [6.45, 7) is 1.83. The summed E-state index contributed by atoms with van der Waals surface area (Å²) in [6, 6.07) is 2.30. The molecule has 1 unspecified atom stereocenters. The van der Waals surface area contributed by atoms with Gasteiger partial charge in [-0.15, -0.1) is 0 Å². The fourth-order valence-corrected chi connectivity index (χ4v) is 2.28. The first kappa shape index (κ1) is 13.0. The van der Waals surface area contributed by atoms with Crippen LogP contribution in [0.2, 0.25) is 0 Å². The first-order chi connectivity index (χ1) is 8.42. The van der Waals surface area contributed by atoms with Gasteiger partial charge in [0.25, 0.3) is 0 Å². The molecule has 2 N–H and O–H groups in total. The molecule has 0 heterocycles. The van der Waals surface area contributed by atoms with Crippen molar-refractivity contribution in [3.05, 3.63) is 34.9 Å². The molecule has 3 nitrogen and oxygen atoms in total. The topological polar surface area (TPSA) is 52.3 Å². The minimum atomic E-state index is -1.17. The number of carbonyl (C=O) groups excluding carboxylic acids is 1. The molecule has 1 atom stereocenters. The highest BCUT2D eigenvalue weighted by Gasteiger charge is 2.48. The van der Waals surface area contributed by atoms with Crippen molar-refractivity contribution in [2.45, 2.75) is 31.2 Å². The zero-order valence-electron chi connectivity index (χ0n) is 10.3. The number of esters is 1. The Morgan fingerprint density at radius 1 is 1.44 bits per heavy atom. The Hall–Kier alpha value is -1.49. The monoisotopic (exact) mass is 255 g/mol. The Balaban J connectivity index is 2.52. The maximum atomic E-state index is 13.5. The first-order valence-corrected chi connectivity index (χ1v) is 5.76. The third-order valence-electron chi connectivity index (χ3n) is 3.67. The van der Waals surface area contributed by atoms with Gasteiger partial charge in [0.15, 0.2) is 11.6 Å². The molecule has 0 aliphatic heterocycles. The van der Waals surface area contributed by atoms with Gasteiger partial charge in [0.2, 0.25) is 0 Å². The van der Waals surface area contributed by atoms with Crippen molar-refractivity contribution < 1.29 is 18.3 Å². The number of carbonyl (C=O) groups is 1. The second-order valence-corrected chi connectivity index (χ2v) is 4.76. The molecule has 0 saturated heterocycles. The molecule has 1 aliphatic rings. The van der Waals surface area contributed by atoms with Gasteiger partial charge in [0, 0.05) is 11.5 Å². The van der Waals surface area contributed by atoms with E-state index in [-0.39, 0.29) is 17.0 Å². The predicted octanol–water partition coefficient (Wildman–Crippen LogP) is 2.13. The predicted molar refractivity (Wildman–Crippen MR) is 62.3 cm³/mol. The molecular formula is C13H15F2NO2. The quantitative estimate of drug-likeness (QED) is 0.842. The van der Waals surface area contributed by atoms with Crippen molar-refractivity contribution in [1.29, 1.82) is 0 Å². The van der Waals surface area contributed by atoms with Crippen LogP contribution in [0.25, 0.3) is 0 Å². The second-order valence-electron chi connectivity index (χ2n) is 4.76. The van der Waals surface area contributed by atoms with E-state index in [0.717, 1.165) is 26.0 Å². The van der Waals surface area contributed by atoms with Crippen LogP contribution in [0, 0.1) is 11.6 Å². The lowest BCUT2D eigenvalue weighted by Gasteiger charge is -2.21. The average molecular weight is 255 g/mol. The molecule has 0 bridgehead atoms. The Kier molecular flexibility index (Phi) is 3.11. The lowest BCUT2D eigenvalue weighted by Crippen LogP contribution is -2.32. The highest BCUT2D eigenvalue weighted by Crippen LogP contribution is 2.50. The second kappa shape index (κ2) is 4.31. The van der Waals surface area contributed by atoms with Crippen LogP contribution in [0.3, 0.4) is 0 Å². The van der Waals surface area contributed by atoms with Crippen molar-refractivity contribution in [3.8, 4) is 0 Å². The van der Waals surface area contributed by atoms with Crippen LogP contribution >= 0.6 is 0 Å². The maximum absolute atomic E-state index is 13.5. The standard InChI is InChI=1S/C13H15F2NO2/c1-7(16)13(3-4-13)8-5-9(12(17)18-2)11(15)10(14)6-8/h5-7H,3-4,16H2,1-2H3. The number of rotatable bonds is 3. The van der Waals surface area contributed by atoms with Crippen LogP contribution in [0.4, 0.5) is 8.78 Å². The van der Waals surface area contributed by atoms with E-state index in [2.05, 4.69) is 4.74 Å². The van der Waals surface area contributed by atoms with Gasteiger partial charge >= 0.3 is 5.97 Å². The number of hydrogen-bond acceptors (Lipinski definition) is 3. The molecule has 18 heavy (non-hydrogen) atoms.